The van der Waals surface area contributed by atoms with Crippen LogP contribution in [0.3, 0.4) is 0 Å². The van der Waals surface area contributed by atoms with Gasteiger partial charge in [-0.1, -0.05) is 19.9 Å². The Morgan fingerprint density at radius 3 is 2.94 bits per heavy atom. The highest BCUT2D eigenvalue weighted by atomic mass is 16.5. The third-order valence-corrected chi connectivity index (χ3v) is 2.02. The Labute approximate surface area is 102 Å². The van der Waals surface area contributed by atoms with Crippen molar-refractivity contribution in [1.82, 2.24) is 4.98 Å². The largest absolute Gasteiger partial charge is 0.461 e. The van der Waals surface area contributed by atoms with E-state index >= 15 is 0 Å². The van der Waals surface area contributed by atoms with Crippen LogP contribution in [0.4, 0.5) is 0 Å². The van der Waals surface area contributed by atoms with Crippen LogP contribution in [0.2, 0.25) is 0 Å². The van der Waals surface area contributed by atoms with E-state index in [0.717, 1.165) is 5.56 Å². The molecule has 0 fully saturated rings. The van der Waals surface area contributed by atoms with Gasteiger partial charge in [-0.05, 0) is 12.0 Å². The molecule has 0 bridgehead atoms. The first kappa shape index (κ1) is 13.6. The number of aromatic nitrogens is 1. The van der Waals surface area contributed by atoms with Gasteiger partial charge in [0.15, 0.2) is 0 Å². The molecular formula is C13H19NO3. The van der Waals surface area contributed by atoms with Gasteiger partial charge in [-0.3, -0.25) is 9.78 Å². The zero-order chi connectivity index (χ0) is 12.5. The minimum atomic E-state index is -0.238. The van der Waals surface area contributed by atoms with Crippen LogP contribution in [0, 0.1) is 5.92 Å². The molecule has 0 aromatic carbocycles. The number of nitrogens with zero attached hydrogens (tertiary/aromatic N) is 1. The molecule has 1 rings (SSSR count). The van der Waals surface area contributed by atoms with Gasteiger partial charge in [0, 0.05) is 24.6 Å². The molecule has 0 aliphatic rings. The number of hydrogen-bond donors (Lipinski definition) is 0. The maximum absolute atomic E-state index is 11.3. The number of carbonyl (C=O) groups excluding carboxylic acids is 1. The van der Waals surface area contributed by atoms with Gasteiger partial charge in [0.25, 0.3) is 0 Å². The highest BCUT2D eigenvalue weighted by Crippen LogP contribution is 2.00. The van der Waals surface area contributed by atoms with Gasteiger partial charge in [0.05, 0.1) is 13.0 Å². The average molecular weight is 237 g/mol. The molecule has 1 aromatic heterocycles. The quantitative estimate of drug-likeness (QED) is 0.538. The van der Waals surface area contributed by atoms with E-state index in [1.165, 1.54) is 0 Å². The van der Waals surface area contributed by atoms with Crippen molar-refractivity contribution in [2.24, 2.45) is 5.92 Å². The lowest BCUT2D eigenvalue weighted by Crippen LogP contribution is -2.10. The molecule has 0 saturated heterocycles. The number of ether oxygens (including phenoxy) is 2. The molecule has 0 N–H and O–H groups in total. The summed E-state index contributed by atoms with van der Waals surface area (Å²) in [7, 11) is 0. The molecule has 4 nitrogen and oxygen atoms in total. The van der Waals surface area contributed by atoms with E-state index in [1.54, 1.807) is 12.4 Å². The molecule has 4 heteroatoms. The third kappa shape index (κ3) is 6.68. The minimum absolute atomic E-state index is 0.238. The van der Waals surface area contributed by atoms with Crippen LogP contribution in [0.15, 0.2) is 24.5 Å². The normalized spacial score (nSPS) is 10.5. The predicted octanol–water partition coefficient (Wildman–Crippen LogP) is 2.19. The first-order chi connectivity index (χ1) is 8.18. The maximum Gasteiger partial charge on any atom is 0.308 e. The van der Waals surface area contributed by atoms with Crippen molar-refractivity contribution in [3.8, 4) is 0 Å². The Bertz CT molecular complexity index is 325. The molecule has 94 valence electrons. The molecule has 17 heavy (non-hydrogen) atoms. The van der Waals surface area contributed by atoms with Gasteiger partial charge < -0.3 is 9.47 Å². The SMILES string of the molecule is CC(C)COCCC(=O)OCc1cccnc1. The van der Waals surface area contributed by atoms with Crippen molar-refractivity contribution in [2.45, 2.75) is 26.9 Å². The van der Waals surface area contributed by atoms with Crippen LogP contribution in [0.5, 0.6) is 0 Å². The van der Waals surface area contributed by atoms with Crippen LogP contribution in [-0.4, -0.2) is 24.2 Å². The lowest BCUT2D eigenvalue weighted by molar-refractivity contribution is -0.146. The second-order valence-corrected chi connectivity index (χ2v) is 4.24. The molecule has 0 radical (unpaired) electrons. The molecule has 0 atom stereocenters. The Kier molecular flexibility index (Phi) is 6.25. The van der Waals surface area contributed by atoms with E-state index in [-0.39, 0.29) is 12.6 Å². The number of rotatable bonds is 7. The van der Waals surface area contributed by atoms with Crippen molar-refractivity contribution in [3.63, 3.8) is 0 Å². The van der Waals surface area contributed by atoms with E-state index < -0.39 is 0 Å². The van der Waals surface area contributed by atoms with Gasteiger partial charge in [0.2, 0.25) is 0 Å². The summed E-state index contributed by atoms with van der Waals surface area (Å²) in [5.41, 5.74) is 0.893. The lowest BCUT2D eigenvalue weighted by Gasteiger charge is -2.07. The van der Waals surface area contributed by atoms with E-state index in [1.807, 2.05) is 12.1 Å². The summed E-state index contributed by atoms with van der Waals surface area (Å²) >= 11 is 0. The summed E-state index contributed by atoms with van der Waals surface area (Å²) < 4.78 is 10.4. The Morgan fingerprint density at radius 2 is 2.29 bits per heavy atom. The van der Waals surface area contributed by atoms with Crippen molar-refractivity contribution < 1.29 is 14.3 Å². The van der Waals surface area contributed by atoms with Crippen LogP contribution in [0.25, 0.3) is 0 Å². The molecule has 0 aliphatic heterocycles. The van der Waals surface area contributed by atoms with Crippen LogP contribution >= 0.6 is 0 Å². The summed E-state index contributed by atoms with van der Waals surface area (Å²) in [6.45, 7) is 5.51. The summed E-state index contributed by atoms with van der Waals surface area (Å²) in [6.07, 6.45) is 3.67. The molecule has 0 saturated carbocycles. The predicted molar refractivity (Wildman–Crippen MR) is 64.3 cm³/mol. The molecule has 1 aromatic rings. The van der Waals surface area contributed by atoms with Gasteiger partial charge >= 0.3 is 5.97 Å². The highest BCUT2D eigenvalue weighted by Gasteiger charge is 2.03. The van der Waals surface area contributed by atoms with Crippen molar-refractivity contribution in [2.75, 3.05) is 13.2 Å². The van der Waals surface area contributed by atoms with Crippen molar-refractivity contribution >= 4 is 5.97 Å². The summed E-state index contributed by atoms with van der Waals surface area (Å²) in [6, 6.07) is 3.68. The Hall–Kier alpha value is -1.42. The second-order valence-electron chi connectivity index (χ2n) is 4.24. The zero-order valence-electron chi connectivity index (χ0n) is 10.4. The fourth-order valence-corrected chi connectivity index (χ4v) is 1.19. The Morgan fingerprint density at radius 1 is 1.47 bits per heavy atom. The Balaban J connectivity index is 2.09. The first-order valence-corrected chi connectivity index (χ1v) is 5.80. The molecule has 0 spiro atoms. The summed E-state index contributed by atoms with van der Waals surface area (Å²) in [4.78, 5) is 15.3. The third-order valence-electron chi connectivity index (χ3n) is 2.02. The average Bonchev–Trinajstić information content (AvgIpc) is 2.33. The number of carbonyl (C=O) groups is 1. The number of hydrogen-bond acceptors (Lipinski definition) is 4. The van der Waals surface area contributed by atoms with Crippen molar-refractivity contribution in [1.29, 1.82) is 0 Å². The van der Waals surface area contributed by atoms with Crippen LogP contribution < -0.4 is 0 Å². The molecule has 1 heterocycles. The van der Waals surface area contributed by atoms with E-state index in [4.69, 9.17) is 9.47 Å². The van der Waals surface area contributed by atoms with E-state index in [0.29, 0.717) is 25.6 Å². The zero-order valence-corrected chi connectivity index (χ0v) is 10.4. The lowest BCUT2D eigenvalue weighted by atomic mass is 10.2. The monoisotopic (exact) mass is 237 g/mol. The fraction of sp³-hybridized carbons (Fsp3) is 0.538. The molecule has 0 aliphatic carbocycles. The number of pyridine rings is 1. The second kappa shape index (κ2) is 7.79. The van der Waals surface area contributed by atoms with Gasteiger partial charge in [-0.15, -0.1) is 0 Å². The van der Waals surface area contributed by atoms with E-state index in [9.17, 15) is 4.79 Å². The van der Waals surface area contributed by atoms with Gasteiger partial charge in [0.1, 0.15) is 6.61 Å². The van der Waals surface area contributed by atoms with Crippen LogP contribution in [-0.2, 0) is 20.9 Å². The van der Waals surface area contributed by atoms with Gasteiger partial charge in [-0.2, -0.15) is 0 Å². The fourth-order valence-electron chi connectivity index (χ4n) is 1.19. The van der Waals surface area contributed by atoms with Crippen LogP contribution in [0.1, 0.15) is 25.8 Å². The summed E-state index contributed by atoms with van der Waals surface area (Å²) in [5.74, 6) is 0.249. The number of esters is 1. The molecule has 0 amide bonds. The molecular weight excluding hydrogens is 218 g/mol. The molecule has 0 unspecified atom stereocenters. The smallest absolute Gasteiger partial charge is 0.308 e. The van der Waals surface area contributed by atoms with E-state index in [2.05, 4.69) is 18.8 Å². The standard InChI is InChI=1S/C13H19NO3/c1-11(2)9-16-7-5-13(15)17-10-12-4-3-6-14-8-12/h3-4,6,8,11H,5,7,9-10H2,1-2H3. The maximum atomic E-state index is 11.3. The first-order valence-electron chi connectivity index (χ1n) is 5.80. The highest BCUT2D eigenvalue weighted by molar-refractivity contribution is 5.69. The topological polar surface area (TPSA) is 48.4 Å². The van der Waals surface area contributed by atoms with Gasteiger partial charge in [-0.25, -0.2) is 0 Å². The van der Waals surface area contributed by atoms with Crippen molar-refractivity contribution in [3.05, 3.63) is 30.1 Å². The minimum Gasteiger partial charge on any atom is -0.461 e. The summed E-state index contributed by atoms with van der Waals surface area (Å²) in [5, 5.41) is 0.